The van der Waals surface area contributed by atoms with Gasteiger partial charge in [-0.2, -0.15) is 10.4 Å². The Morgan fingerprint density at radius 1 is 1.23 bits per heavy atom. The van der Waals surface area contributed by atoms with Crippen LogP contribution >= 0.6 is 0 Å². The molecular weight excluding hydrogens is 392 g/mol. The Morgan fingerprint density at radius 3 is 2.71 bits per heavy atom. The predicted octanol–water partition coefficient (Wildman–Crippen LogP) is 2.74. The van der Waals surface area contributed by atoms with E-state index in [4.69, 9.17) is 0 Å². The number of carbonyl (C=O) groups excluding carboxylic acids is 2. The largest absolute Gasteiger partial charge is 0.339 e. The van der Waals surface area contributed by atoms with Crippen molar-refractivity contribution < 1.29 is 9.59 Å². The summed E-state index contributed by atoms with van der Waals surface area (Å²) in [5.74, 6) is 0.0863. The van der Waals surface area contributed by atoms with Gasteiger partial charge in [-0.25, -0.2) is 0 Å². The first-order valence-corrected chi connectivity index (χ1v) is 10.7. The van der Waals surface area contributed by atoms with Crippen LogP contribution in [-0.2, 0) is 13.0 Å². The zero-order valence-electron chi connectivity index (χ0n) is 17.8. The van der Waals surface area contributed by atoms with Gasteiger partial charge >= 0.3 is 0 Å². The van der Waals surface area contributed by atoms with Gasteiger partial charge in [0.05, 0.1) is 24.0 Å². The van der Waals surface area contributed by atoms with Gasteiger partial charge in [-0.1, -0.05) is 0 Å². The molecule has 0 unspecified atom stereocenters. The van der Waals surface area contributed by atoms with Gasteiger partial charge in [-0.15, -0.1) is 0 Å². The maximum Gasteiger partial charge on any atom is 0.255 e. The number of amides is 1. The van der Waals surface area contributed by atoms with Gasteiger partial charge in [-0.3, -0.25) is 24.2 Å². The highest BCUT2D eigenvalue weighted by Gasteiger charge is 2.43. The lowest BCUT2D eigenvalue weighted by Crippen LogP contribution is -2.46. The molecule has 4 heterocycles. The van der Waals surface area contributed by atoms with Crippen LogP contribution in [0.1, 0.15) is 76.8 Å². The number of pyridine rings is 1. The van der Waals surface area contributed by atoms with E-state index in [0.717, 1.165) is 36.2 Å². The number of nitrogens with zero attached hydrogens (tertiary/aromatic N) is 6. The molecule has 0 radical (unpaired) electrons. The third-order valence-corrected chi connectivity index (χ3v) is 6.80. The Kier molecular flexibility index (Phi) is 4.50. The summed E-state index contributed by atoms with van der Waals surface area (Å²) in [6.07, 6.45) is 6.36. The lowest BCUT2D eigenvalue weighted by molar-refractivity contribution is 0.0517. The number of rotatable bonds is 2. The molecule has 158 valence electrons. The van der Waals surface area contributed by atoms with Crippen LogP contribution in [0.5, 0.6) is 0 Å². The highest BCUT2D eigenvalue weighted by molar-refractivity contribution is 6.14. The summed E-state index contributed by atoms with van der Waals surface area (Å²) in [5, 5.41) is 13.7. The van der Waals surface area contributed by atoms with Crippen molar-refractivity contribution in [2.24, 2.45) is 10.4 Å². The first-order chi connectivity index (χ1) is 14.9. The molecule has 0 N–H and O–H groups in total. The van der Waals surface area contributed by atoms with E-state index in [0.29, 0.717) is 42.9 Å². The molecule has 0 bridgehead atoms. The Balaban J connectivity index is 1.31. The van der Waals surface area contributed by atoms with Crippen LogP contribution in [0.15, 0.2) is 23.5 Å². The van der Waals surface area contributed by atoms with E-state index in [2.05, 4.69) is 21.1 Å². The van der Waals surface area contributed by atoms with E-state index in [1.165, 1.54) is 0 Å². The first kappa shape index (κ1) is 19.6. The smallest absolute Gasteiger partial charge is 0.255 e. The van der Waals surface area contributed by atoms with Crippen molar-refractivity contribution in [1.82, 2.24) is 19.7 Å². The molecule has 1 spiro atoms. The Morgan fingerprint density at radius 2 is 2.00 bits per heavy atom. The molecule has 31 heavy (non-hydrogen) atoms. The minimum atomic E-state index is -0.0947. The molecule has 1 aliphatic carbocycles. The zero-order valence-corrected chi connectivity index (χ0v) is 17.8. The molecule has 0 saturated carbocycles. The Labute approximate surface area is 180 Å². The van der Waals surface area contributed by atoms with Crippen molar-refractivity contribution in [1.29, 1.82) is 5.26 Å². The van der Waals surface area contributed by atoms with Crippen LogP contribution < -0.4 is 0 Å². The van der Waals surface area contributed by atoms with Gasteiger partial charge in [0, 0.05) is 42.9 Å². The van der Waals surface area contributed by atoms with E-state index < -0.39 is 0 Å². The van der Waals surface area contributed by atoms with Gasteiger partial charge < -0.3 is 4.90 Å². The summed E-state index contributed by atoms with van der Waals surface area (Å²) in [4.78, 5) is 36.4. The molecule has 8 nitrogen and oxygen atoms in total. The summed E-state index contributed by atoms with van der Waals surface area (Å²) in [5.41, 5.74) is 3.93. The van der Waals surface area contributed by atoms with Crippen LogP contribution in [0.25, 0.3) is 0 Å². The Bertz CT molecular complexity index is 1160. The number of hydrogen-bond acceptors (Lipinski definition) is 6. The van der Waals surface area contributed by atoms with Gasteiger partial charge in [0.1, 0.15) is 17.5 Å². The number of nitriles is 1. The maximum absolute atomic E-state index is 13.1. The quantitative estimate of drug-likeness (QED) is 0.749. The van der Waals surface area contributed by atoms with Gasteiger partial charge in [0.25, 0.3) is 5.91 Å². The summed E-state index contributed by atoms with van der Waals surface area (Å²) < 4.78 is 1.84. The van der Waals surface area contributed by atoms with E-state index in [1.807, 2.05) is 29.6 Å². The minimum Gasteiger partial charge on any atom is -0.339 e. The molecule has 2 aliphatic heterocycles. The summed E-state index contributed by atoms with van der Waals surface area (Å²) in [6, 6.07) is 3.97. The number of aromatic nitrogens is 3. The number of ketones is 1. The Hall–Kier alpha value is -3.34. The van der Waals surface area contributed by atoms with Gasteiger partial charge in [0.2, 0.25) is 0 Å². The lowest BCUT2D eigenvalue weighted by Gasteiger charge is -2.43. The van der Waals surface area contributed by atoms with Crippen molar-refractivity contribution in [3.63, 3.8) is 0 Å². The molecule has 1 amide bonds. The molecular formula is C23H24N6O2. The molecule has 8 heteroatoms. The summed E-state index contributed by atoms with van der Waals surface area (Å²) in [7, 11) is 0. The van der Waals surface area contributed by atoms with E-state index >= 15 is 0 Å². The fourth-order valence-corrected chi connectivity index (χ4v) is 5.11. The fraction of sp³-hybridized carbons (Fsp3) is 0.478. The minimum absolute atomic E-state index is 0.0789. The van der Waals surface area contributed by atoms with Crippen LogP contribution in [0.3, 0.4) is 0 Å². The van der Waals surface area contributed by atoms with E-state index in [9.17, 15) is 14.9 Å². The third-order valence-electron chi connectivity index (χ3n) is 6.80. The normalized spacial score (nSPS) is 19.2. The molecule has 0 atom stereocenters. The van der Waals surface area contributed by atoms with Gasteiger partial charge in [-0.05, 0) is 44.6 Å². The first-order valence-electron chi connectivity index (χ1n) is 10.7. The predicted molar refractivity (Wildman–Crippen MR) is 113 cm³/mol. The number of fused-ring (bicyclic) bond motifs is 2. The SMILES string of the molecule is CC(C)n1ncc2c1C(=O)CC1(CCN(C(=O)c3cnc4c(c3)C(C#N)=NC4)CC1)C2. The molecule has 1 fully saturated rings. The standard InChI is InChI=1S/C23H24N6O2/c1-14(2)29-21-16(12-27-29)8-23(9-20(21)30)3-5-28(6-4-23)22(31)15-7-17-18(10-24)26-13-19(17)25-11-15/h7,11-12,14H,3-6,8-9,13H2,1-2H3. The van der Waals surface area contributed by atoms with Crippen molar-refractivity contribution in [2.75, 3.05) is 13.1 Å². The van der Waals surface area contributed by atoms with Crippen molar-refractivity contribution in [2.45, 2.75) is 52.1 Å². The molecule has 2 aromatic rings. The van der Waals surface area contributed by atoms with Crippen LogP contribution in [-0.4, -0.2) is 50.2 Å². The summed E-state index contributed by atoms with van der Waals surface area (Å²) >= 11 is 0. The second-order valence-corrected chi connectivity index (χ2v) is 9.12. The second-order valence-electron chi connectivity index (χ2n) is 9.12. The molecule has 1 saturated heterocycles. The third kappa shape index (κ3) is 3.16. The van der Waals surface area contributed by atoms with Crippen LogP contribution in [0, 0.1) is 16.7 Å². The second kappa shape index (κ2) is 7.12. The molecule has 0 aromatic carbocycles. The number of carbonyl (C=O) groups is 2. The number of hydrogen-bond donors (Lipinski definition) is 0. The average molecular weight is 416 g/mol. The van der Waals surface area contributed by atoms with Crippen molar-refractivity contribution in [3.05, 3.63) is 46.5 Å². The topological polar surface area (TPSA) is 104 Å². The van der Waals surface area contributed by atoms with Crippen LogP contribution in [0.4, 0.5) is 0 Å². The number of likely N-dealkylation sites (tertiary alicyclic amines) is 1. The average Bonchev–Trinajstić information content (AvgIpc) is 3.37. The van der Waals surface area contributed by atoms with E-state index in [-0.39, 0.29) is 23.1 Å². The number of piperidine rings is 1. The van der Waals surface area contributed by atoms with Crippen molar-refractivity contribution in [3.8, 4) is 6.07 Å². The van der Waals surface area contributed by atoms with E-state index in [1.54, 1.807) is 12.3 Å². The van der Waals surface area contributed by atoms with Crippen molar-refractivity contribution >= 4 is 17.4 Å². The molecule has 2 aromatic heterocycles. The highest BCUT2D eigenvalue weighted by atomic mass is 16.2. The summed E-state index contributed by atoms with van der Waals surface area (Å²) in [6.45, 7) is 5.68. The monoisotopic (exact) mass is 416 g/mol. The lowest BCUT2D eigenvalue weighted by atomic mass is 9.67. The zero-order chi connectivity index (χ0) is 21.8. The molecule has 5 rings (SSSR count). The maximum atomic E-state index is 13.1. The fourth-order valence-electron chi connectivity index (χ4n) is 5.11. The number of Topliss-reactive ketones (excluding diaryl/α,β-unsaturated/α-hetero) is 1. The number of aliphatic imine (C=N–C) groups is 1. The highest BCUT2D eigenvalue weighted by Crippen LogP contribution is 2.44. The molecule has 3 aliphatic rings. The van der Waals surface area contributed by atoms with Gasteiger partial charge in [0.15, 0.2) is 5.78 Å². The van der Waals surface area contributed by atoms with Crippen LogP contribution in [0.2, 0.25) is 0 Å².